The van der Waals surface area contributed by atoms with Crippen LogP contribution in [0.3, 0.4) is 0 Å². The number of nitrogens with one attached hydrogen (secondary N) is 5. The standard InChI is InChI=1S/C35H49N9O11S3/c1-17(41-42-24(46)7-10-43-25(47)13-22(32(43)50)56-16-21(37-3)33(51)52)5-6-23(45)38-8-11-57-58-12-9-39-27-18(2)29(48)28-26(30(27)49)19(15-55-34(36)53)35(54-4)31-20(40-31)14-44(28)35/h19-22,31,37,39-40H,5-16H2,1-4H3,(H2,36,53)(H,38,45)(H,42,46)(H,51,52)/b41-17+/t19-,20?,21+,22?,31+,35-/m1/s1. The third kappa shape index (κ3) is 9.82. The average molecular weight is 868 g/mol. The topological polar surface area (TPSA) is 290 Å². The van der Waals surface area contributed by atoms with Crippen LogP contribution in [-0.2, 0) is 43.0 Å². The number of amides is 5. The third-order valence-corrected chi connectivity index (χ3v) is 14.2. The number of hydrogen-bond donors (Lipinski definition) is 7. The Hall–Kier alpha value is -4.16. The van der Waals surface area contributed by atoms with Gasteiger partial charge in [-0.1, -0.05) is 21.6 Å². The van der Waals surface area contributed by atoms with E-state index in [1.54, 1.807) is 13.8 Å². The van der Waals surface area contributed by atoms with E-state index in [1.807, 2.05) is 4.90 Å². The van der Waals surface area contributed by atoms with E-state index in [2.05, 4.69) is 31.8 Å². The van der Waals surface area contributed by atoms with Gasteiger partial charge < -0.3 is 46.5 Å². The fraction of sp³-hybridized carbons (Fsp3) is 0.629. The van der Waals surface area contributed by atoms with Crippen molar-refractivity contribution in [2.75, 3.05) is 64.2 Å². The van der Waals surface area contributed by atoms with Gasteiger partial charge in [0, 0.05) is 92.7 Å². The van der Waals surface area contributed by atoms with Crippen LogP contribution in [0.15, 0.2) is 27.6 Å². The van der Waals surface area contributed by atoms with E-state index < -0.39 is 52.7 Å². The number of likely N-dealkylation sites (N-methyl/N-ethyl adjacent to an activating group) is 1. The summed E-state index contributed by atoms with van der Waals surface area (Å²) in [4.78, 5) is 103. The molecule has 6 atom stereocenters. The number of nitrogens with zero attached hydrogens (tertiary/aromatic N) is 3. The molecule has 20 nitrogen and oxygen atoms in total. The number of hydrogen-bond acceptors (Lipinski definition) is 18. The molecule has 1 aliphatic carbocycles. The Labute approximate surface area is 346 Å². The Balaban J connectivity index is 0.945. The van der Waals surface area contributed by atoms with Crippen LogP contribution in [0.25, 0.3) is 0 Å². The molecule has 5 amide bonds. The quantitative estimate of drug-likeness (QED) is 0.0119. The first kappa shape index (κ1) is 44.9. The molecule has 23 heteroatoms. The van der Waals surface area contributed by atoms with Crippen molar-refractivity contribution in [3.8, 4) is 0 Å². The van der Waals surface area contributed by atoms with Gasteiger partial charge in [0.15, 0.2) is 5.72 Å². The highest BCUT2D eigenvalue weighted by molar-refractivity contribution is 8.76. The SMILES string of the molecule is CN[C@@H](CSC1CC(=O)N(CCC(=O)N/N=C(\C)CCC(=O)NCCSSCCNC2=C(C)C(=O)C3=C(C2=O)[C@@H](COC(N)=O)[C@@]2(OC)[C@H]4NC4CN32)C1=O)C(=O)O. The van der Waals surface area contributed by atoms with Gasteiger partial charge in [-0.3, -0.25) is 38.5 Å². The van der Waals surface area contributed by atoms with Gasteiger partial charge in [0.1, 0.15) is 12.6 Å². The predicted octanol–water partition coefficient (Wildman–Crippen LogP) is -1.33. The molecule has 0 radical (unpaired) electrons. The zero-order valence-corrected chi connectivity index (χ0v) is 35.0. The maximum atomic E-state index is 13.9. The first-order valence-electron chi connectivity index (χ1n) is 18.6. The van der Waals surface area contributed by atoms with Crippen LogP contribution in [0.5, 0.6) is 0 Å². The molecule has 0 bridgehead atoms. The fourth-order valence-corrected chi connectivity index (χ4v) is 10.5. The van der Waals surface area contributed by atoms with Crippen molar-refractivity contribution in [3.63, 3.8) is 0 Å². The van der Waals surface area contributed by atoms with Crippen LogP contribution < -0.4 is 32.4 Å². The first-order chi connectivity index (χ1) is 27.7. The zero-order chi connectivity index (χ0) is 42.3. The minimum Gasteiger partial charge on any atom is -0.480 e. The van der Waals surface area contributed by atoms with Gasteiger partial charge in [-0.05, 0) is 27.3 Å². The number of ketones is 2. The second kappa shape index (κ2) is 19.7. The molecule has 0 spiro atoms. The van der Waals surface area contributed by atoms with E-state index in [-0.39, 0.29) is 84.7 Å². The number of ether oxygens (including phenoxy) is 2. The summed E-state index contributed by atoms with van der Waals surface area (Å²) >= 11 is 1.09. The molecule has 58 heavy (non-hydrogen) atoms. The number of carboxylic acid groups (broad SMARTS) is 1. The van der Waals surface area contributed by atoms with E-state index >= 15 is 0 Å². The van der Waals surface area contributed by atoms with Crippen molar-refractivity contribution >= 4 is 86.3 Å². The number of carboxylic acids is 1. The summed E-state index contributed by atoms with van der Waals surface area (Å²) in [5.41, 5.74) is 8.16. The lowest BCUT2D eigenvalue weighted by Gasteiger charge is -2.39. The molecule has 318 valence electrons. The summed E-state index contributed by atoms with van der Waals surface area (Å²) in [7, 11) is 6.09. The first-order valence-corrected chi connectivity index (χ1v) is 22.2. The lowest BCUT2D eigenvalue weighted by molar-refractivity contribution is -0.140. The van der Waals surface area contributed by atoms with Gasteiger partial charge in [-0.2, -0.15) is 5.10 Å². The van der Waals surface area contributed by atoms with E-state index in [0.29, 0.717) is 48.8 Å². The number of carbonyl (C=O) groups excluding carboxylic acids is 7. The van der Waals surface area contributed by atoms with Gasteiger partial charge in [0.25, 0.3) is 0 Å². The number of rotatable bonds is 23. The van der Waals surface area contributed by atoms with Crippen molar-refractivity contribution in [1.82, 2.24) is 36.5 Å². The number of thioether (sulfide) groups is 1. The summed E-state index contributed by atoms with van der Waals surface area (Å²) in [5.74, 6) is -2.65. The number of Topliss-reactive ketones (excluding diaryl/α,β-unsaturated/α-hetero) is 2. The molecule has 2 unspecified atom stereocenters. The Morgan fingerprint density at radius 3 is 2.47 bits per heavy atom. The van der Waals surface area contributed by atoms with Gasteiger partial charge in [-0.25, -0.2) is 10.2 Å². The molecule has 3 fully saturated rings. The molecular formula is C35H49N9O11S3. The average Bonchev–Trinajstić information content (AvgIpc) is 3.70. The van der Waals surface area contributed by atoms with Crippen LogP contribution in [0.4, 0.5) is 4.79 Å². The van der Waals surface area contributed by atoms with E-state index in [4.69, 9.17) is 20.3 Å². The number of nitrogens with two attached hydrogens (primary N) is 1. The largest absolute Gasteiger partial charge is 0.480 e. The molecule has 4 heterocycles. The normalized spacial score (nSPS) is 25.5. The smallest absolute Gasteiger partial charge is 0.404 e. The van der Waals surface area contributed by atoms with Gasteiger partial charge >= 0.3 is 12.1 Å². The summed E-state index contributed by atoms with van der Waals surface area (Å²) < 4.78 is 11.2. The molecule has 0 saturated carbocycles. The number of fused-ring (bicyclic) bond motifs is 4. The number of piperazine rings is 1. The summed E-state index contributed by atoms with van der Waals surface area (Å²) in [5, 5.41) is 24.4. The van der Waals surface area contributed by atoms with Gasteiger partial charge in [0.05, 0.1) is 28.6 Å². The molecular weight excluding hydrogens is 819 g/mol. The summed E-state index contributed by atoms with van der Waals surface area (Å²) in [6.45, 7) is 4.23. The maximum Gasteiger partial charge on any atom is 0.404 e. The fourth-order valence-electron chi connectivity index (χ4n) is 7.45. The van der Waals surface area contributed by atoms with Crippen molar-refractivity contribution in [2.24, 2.45) is 16.8 Å². The summed E-state index contributed by atoms with van der Waals surface area (Å²) in [6.07, 6.45) is -0.766. The number of aliphatic carboxylic acids is 1. The number of carbonyl (C=O) groups is 8. The molecule has 4 aliphatic heterocycles. The third-order valence-electron chi connectivity index (χ3n) is 10.5. The van der Waals surface area contributed by atoms with E-state index in [0.717, 1.165) is 16.7 Å². The predicted molar refractivity (Wildman–Crippen MR) is 215 cm³/mol. The molecule has 3 saturated heterocycles. The van der Waals surface area contributed by atoms with Gasteiger partial charge in [0.2, 0.25) is 35.2 Å². The number of primary amides is 1. The highest BCUT2D eigenvalue weighted by Gasteiger charge is 2.72. The monoisotopic (exact) mass is 867 g/mol. The number of likely N-dealkylation sites (tertiary alicyclic amines) is 1. The Morgan fingerprint density at radius 1 is 1.07 bits per heavy atom. The van der Waals surface area contributed by atoms with E-state index in [9.17, 15) is 38.4 Å². The zero-order valence-electron chi connectivity index (χ0n) is 32.5. The minimum atomic E-state index is -1.06. The van der Waals surface area contributed by atoms with Crippen molar-refractivity contribution < 1.29 is 52.9 Å². The molecule has 0 aromatic rings. The lowest BCUT2D eigenvalue weighted by atomic mass is 9.82. The van der Waals surface area contributed by atoms with Crippen LogP contribution in [-0.4, -0.2) is 161 Å². The van der Waals surface area contributed by atoms with Crippen molar-refractivity contribution in [1.29, 1.82) is 0 Å². The van der Waals surface area contributed by atoms with E-state index in [1.165, 1.54) is 35.7 Å². The second-order valence-corrected chi connectivity index (χ2v) is 18.0. The maximum absolute atomic E-state index is 13.9. The van der Waals surface area contributed by atoms with Crippen molar-refractivity contribution in [2.45, 2.75) is 68.6 Å². The van der Waals surface area contributed by atoms with Gasteiger partial charge in [-0.15, -0.1) is 11.8 Å². The lowest BCUT2D eigenvalue weighted by Crippen LogP contribution is -2.55. The highest BCUT2D eigenvalue weighted by Crippen LogP contribution is 2.55. The molecule has 0 aromatic carbocycles. The Kier molecular flexibility index (Phi) is 15.3. The number of hydrazone groups is 1. The molecule has 0 aromatic heterocycles. The van der Waals surface area contributed by atoms with Crippen LogP contribution >= 0.6 is 33.3 Å². The number of allylic oxidation sites excluding steroid dienone is 2. The Bertz CT molecular complexity index is 1810. The van der Waals surface area contributed by atoms with Crippen LogP contribution in [0.1, 0.15) is 39.5 Å². The van der Waals surface area contributed by atoms with Crippen LogP contribution in [0.2, 0.25) is 0 Å². The minimum absolute atomic E-state index is 0.0593. The highest BCUT2D eigenvalue weighted by atomic mass is 33.1. The van der Waals surface area contributed by atoms with Crippen molar-refractivity contribution in [3.05, 3.63) is 22.5 Å². The Morgan fingerprint density at radius 2 is 1.79 bits per heavy atom. The van der Waals surface area contributed by atoms with Crippen LogP contribution in [0, 0.1) is 5.92 Å². The summed E-state index contributed by atoms with van der Waals surface area (Å²) in [6, 6.07) is -0.887. The molecule has 5 rings (SSSR count). The molecule has 5 aliphatic rings. The second-order valence-electron chi connectivity index (χ2n) is 14.1. The number of methoxy groups -OCH3 is 1. The number of imide groups is 1. The molecule has 8 N–H and O–H groups in total.